The number of rotatable bonds is 6. The standard InChI is InChI=1S/C31H28N4O2S2/c1-19(2)23-15-12-21(4)26(16-23)28-24(18-34(32-28)25-8-6-5-7-9-25)17-27-30(37)35(31(38)39-27)33-29(36)22-13-10-20(3)11-14-22/h5-19H,1-4H3,(H,33,36)/b27-17-. The lowest BCUT2D eigenvalue weighted by molar-refractivity contribution is -0.123. The third kappa shape index (κ3) is 5.57. The normalized spacial score (nSPS) is 14.5. The van der Waals surface area contributed by atoms with Crippen LogP contribution in [0, 0.1) is 13.8 Å². The van der Waals surface area contributed by atoms with E-state index >= 15 is 0 Å². The second-order valence-corrected chi connectivity index (χ2v) is 11.4. The lowest BCUT2D eigenvalue weighted by Crippen LogP contribution is -2.44. The highest BCUT2D eigenvalue weighted by atomic mass is 32.2. The van der Waals surface area contributed by atoms with Gasteiger partial charge in [0.1, 0.15) is 5.69 Å². The summed E-state index contributed by atoms with van der Waals surface area (Å²) in [5.41, 5.74) is 9.92. The molecular formula is C31H28N4O2S2. The first-order chi connectivity index (χ1) is 18.7. The molecule has 8 heteroatoms. The highest BCUT2D eigenvalue weighted by Crippen LogP contribution is 2.35. The fourth-order valence-electron chi connectivity index (χ4n) is 4.25. The molecule has 0 saturated carbocycles. The van der Waals surface area contributed by atoms with Crippen molar-refractivity contribution in [2.75, 3.05) is 0 Å². The van der Waals surface area contributed by atoms with E-state index in [0.717, 1.165) is 50.4 Å². The molecule has 4 aromatic rings. The number of amides is 2. The summed E-state index contributed by atoms with van der Waals surface area (Å²) in [5, 5.41) is 6.09. The molecule has 0 aliphatic carbocycles. The first kappa shape index (κ1) is 26.6. The molecule has 1 N–H and O–H groups in total. The maximum Gasteiger partial charge on any atom is 0.285 e. The van der Waals surface area contributed by atoms with Gasteiger partial charge in [0.05, 0.1) is 10.6 Å². The summed E-state index contributed by atoms with van der Waals surface area (Å²) in [6, 6.07) is 23.4. The zero-order valence-corrected chi connectivity index (χ0v) is 23.8. The van der Waals surface area contributed by atoms with Crippen LogP contribution in [0.3, 0.4) is 0 Å². The molecule has 2 heterocycles. The maximum absolute atomic E-state index is 13.4. The molecule has 5 rings (SSSR count). The summed E-state index contributed by atoms with van der Waals surface area (Å²) < 4.78 is 2.09. The Balaban J connectivity index is 1.52. The van der Waals surface area contributed by atoms with E-state index in [1.165, 1.54) is 5.56 Å². The first-order valence-electron chi connectivity index (χ1n) is 12.6. The largest absolute Gasteiger partial charge is 0.285 e. The van der Waals surface area contributed by atoms with E-state index < -0.39 is 5.91 Å². The van der Waals surface area contributed by atoms with Gasteiger partial charge in [0.25, 0.3) is 11.8 Å². The van der Waals surface area contributed by atoms with Crippen LogP contribution in [0.15, 0.2) is 83.9 Å². The van der Waals surface area contributed by atoms with E-state index in [2.05, 4.69) is 44.4 Å². The van der Waals surface area contributed by atoms with Crippen LogP contribution >= 0.6 is 24.0 Å². The van der Waals surface area contributed by atoms with Gasteiger partial charge >= 0.3 is 0 Å². The Morgan fingerprint density at radius 1 is 1.03 bits per heavy atom. The minimum absolute atomic E-state index is 0.265. The number of para-hydroxylation sites is 1. The number of aryl methyl sites for hydroxylation is 2. The Hall–Kier alpha value is -4.01. The van der Waals surface area contributed by atoms with Crippen molar-refractivity contribution in [2.24, 2.45) is 0 Å². The van der Waals surface area contributed by atoms with E-state index in [4.69, 9.17) is 17.3 Å². The predicted octanol–water partition coefficient (Wildman–Crippen LogP) is 6.83. The van der Waals surface area contributed by atoms with Crippen molar-refractivity contribution in [3.63, 3.8) is 0 Å². The number of nitrogens with one attached hydrogen (secondary N) is 1. The van der Waals surface area contributed by atoms with Gasteiger partial charge in [-0.25, -0.2) is 4.68 Å². The number of hydrogen-bond acceptors (Lipinski definition) is 5. The molecule has 196 valence electrons. The van der Waals surface area contributed by atoms with Crippen molar-refractivity contribution in [1.82, 2.24) is 20.2 Å². The van der Waals surface area contributed by atoms with Gasteiger partial charge in [-0.1, -0.05) is 73.6 Å². The number of carbonyl (C=O) groups is 2. The van der Waals surface area contributed by atoms with E-state index in [1.807, 2.05) is 60.3 Å². The molecule has 2 amide bonds. The minimum Gasteiger partial charge on any atom is -0.267 e. The molecule has 1 aliphatic heterocycles. The summed E-state index contributed by atoms with van der Waals surface area (Å²) in [7, 11) is 0. The summed E-state index contributed by atoms with van der Waals surface area (Å²) in [5.74, 6) is -0.416. The van der Waals surface area contributed by atoms with Gasteiger partial charge in [0.2, 0.25) is 0 Å². The number of thiocarbonyl (C=S) groups is 1. The average Bonchev–Trinajstić information content (AvgIpc) is 3.46. The van der Waals surface area contributed by atoms with Crippen molar-refractivity contribution < 1.29 is 9.59 Å². The molecule has 1 aromatic heterocycles. The monoisotopic (exact) mass is 552 g/mol. The van der Waals surface area contributed by atoms with E-state index in [9.17, 15) is 9.59 Å². The Bertz CT molecular complexity index is 1610. The summed E-state index contributed by atoms with van der Waals surface area (Å²) in [6.45, 7) is 8.33. The number of carbonyl (C=O) groups excluding carboxylic acids is 2. The zero-order chi connectivity index (χ0) is 27.7. The zero-order valence-electron chi connectivity index (χ0n) is 22.1. The van der Waals surface area contributed by atoms with Crippen LogP contribution in [-0.4, -0.2) is 30.9 Å². The second-order valence-electron chi connectivity index (χ2n) is 9.77. The number of hydrazine groups is 1. The summed E-state index contributed by atoms with van der Waals surface area (Å²) in [4.78, 5) is 26.6. The first-order valence-corrected chi connectivity index (χ1v) is 13.9. The number of nitrogens with zero attached hydrogens (tertiary/aromatic N) is 3. The van der Waals surface area contributed by atoms with Gasteiger partial charge in [0, 0.05) is 22.9 Å². The van der Waals surface area contributed by atoms with Crippen LogP contribution in [0.25, 0.3) is 23.0 Å². The van der Waals surface area contributed by atoms with Crippen LogP contribution in [0.1, 0.15) is 52.4 Å². The SMILES string of the molecule is Cc1ccc(C(=O)NN2C(=O)/C(=C/c3cn(-c4ccccc4)nc3-c3cc(C(C)C)ccc3C)SC2=S)cc1. The van der Waals surface area contributed by atoms with E-state index in [0.29, 0.717) is 16.4 Å². The Labute approximate surface area is 237 Å². The van der Waals surface area contributed by atoms with Crippen LogP contribution < -0.4 is 5.43 Å². The van der Waals surface area contributed by atoms with Crippen LogP contribution in [0.5, 0.6) is 0 Å². The van der Waals surface area contributed by atoms with Gasteiger partial charge in [-0.2, -0.15) is 10.1 Å². The molecule has 0 radical (unpaired) electrons. The molecule has 1 fully saturated rings. The smallest absolute Gasteiger partial charge is 0.267 e. The summed E-state index contributed by atoms with van der Waals surface area (Å²) in [6.07, 6.45) is 3.73. The van der Waals surface area contributed by atoms with Gasteiger partial charge < -0.3 is 0 Å². The molecule has 6 nitrogen and oxygen atoms in total. The van der Waals surface area contributed by atoms with Gasteiger partial charge in [-0.15, -0.1) is 0 Å². The summed E-state index contributed by atoms with van der Waals surface area (Å²) >= 11 is 6.62. The second kappa shape index (κ2) is 11.0. The predicted molar refractivity (Wildman–Crippen MR) is 161 cm³/mol. The molecule has 0 atom stereocenters. The highest BCUT2D eigenvalue weighted by molar-refractivity contribution is 8.26. The molecular weight excluding hydrogens is 525 g/mol. The van der Waals surface area contributed by atoms with Crippen molar-refractivity contribution in [2.45, 2.75) is 33.6 Å². The minimum atomic E-state index is -0.397. The highest BCUT2D eigenvalue weighted by Gasteiger charge is 2.34. The number of aromatic nitrogens is 2. The van der Waals surface area contributed by atoms with E-state index in [-0.39, 0.29) is 10.2 Å². The molecule has 0 bridgehead atoms. The Kier molecular flexibility index (Phi) is 7.50. The van der Waals surface area contributed by atoms with Crippen LogP contribution in [0.2, 0.25) is 0 Å². The Morgan fingerprint density at radius 2 is 1.74 bits per heavy atom. The fraction of sp³-hybridized carbons (Fsp3) is 0.161. The van der Waals surface area contributed by atoms with Crippen molar-refractivity contribution in [1.29, 1.82) is 0 Å². The average molecular weight is 553 g/mol. The van der Waals surface area contributed by atoms with Gasteiger partial charge in [-0.3, -0.25) is 15.0 Å². The molecule has 0 unspecified atom stereocenters. The lowest BCUT2D eigenvalue weighted by atomic mass is 9.95. The lowest BCUT2D eigenvalue weighted by Gasteiger charge is -2.15. The molecule has 0 spiro atoms. The fourth-order valence-corrected chi connectivity index (χ4v) is 5.42. The molecule has 39 heavy (non-hydrogen) atoms. The van der Waals surface area contributed by atoms with Crippen molar-refractivity contribution >= 4 is 46.2 Å². The number of benzene rings is 3. The Morgan fingerprint density at radius 3 is 2.44 bits per heavy atom. The molecule has 1 saturated heterocycles. The topological polar surface area (TPSA) is 67.2 Å². The number of thioether (sulfide) groups is 1. The van der Waals surface area contributed by atoms with Gasteiger partial charge in [-0.05, 0) is 79.5 Å². The molecule has 3 aromatic carbocycles. The van der Waals surface area contributed by atoms with Crippen LogP contribution in [-0.2, 0) is 4.79 Å². The van der Waals surface area contributed by atoms with Gasteiger partial charge in [0.15, 0.2) is 4.32 Å². The van der Waals surface area contributed by atoms with E-state index in [1.54, 1.807) is 18.2 Å². The van der Waals surface area contributed by atoms with Crippen molar-refractivity contribution in [3.05, 3.63) is 112 Å². The molecule has 1 aliphatic rings. The number of hydrogen-bond donors (Lipinski definition) is 1. The van der Waals surface area contributed by atoms with Crippen LogP contribution in [0.4, 0.5) is 0 Å². The third-order valence-electron chi connectivity index (χ3n) is 6.55. The third-order valence-corrected chi connectivity index (χ3v) is 7.86. The quantitative estimate of drug-likeness (QED) is 0.210. The van der Waals surface area contributed by atoms with Crippen molar-refractivity contribution in [3.8, 4) is 16.9 Å². The maximum atomic E-state index is 13.4.